The normalized spacial score (nSPS) is 15.4. The van der Waals surface area contributed by atoms with E-state index in [9.17, 15) is 13.2 Å². The molecule has 1 aromatic carbocycles. The third-order valence-electron chi connectivity index (χ3n) is 2.92. The zero-order chi connectivity index (χ0) is 13.5. The van der Waals surface area contributed by atoms with Crippen LogP contribution in [0.1, 0.15) is 23.2 Å². The number of benzene rings is 1. The number of anilines is 2. The molecule has 0 unspecified atom stereocenters. The molecule has 6 nitrogen and oxygen atoms in total. The van der Waals surface area contributed by atoms with Gasteiger partial charge in [0, 0.05) is 12.7 Å². The molecule has 0 radical (unpaired) electrons. The number of carboxylic acids is 1. The van der Waals surface area contributed by atoms with Crippen molar-refractivity contribution in [3.63, 3.8) is 0 Å². The number of aromatic carboxylic acids is 1. The van der Waals surface area contributed by atoms with Gasteiger partial charge in [-0.2, -0.15) is 0 Å². The lowest BCUT2D eigenvalue weighted by Crippen LogP contribution is -2.31. The van der Waals surface area contributed by atoms with Crippen LogP contribution in [0.2, 0.25) is 0 Å². The van der Waals surface area contributed by atoms with Gasteiger partial charge in [0.05, 0.1) is 16.5 Å². The Morgan fingerprint density at radius 3 is 2.56 bits per heavy atom. The lowest BCUT2D eigenvalue weighted by molar-refractivity contribution is 0.0698. The van der Waals surface area contributed by atoms with Crippen molar-refractivity contribution < 1.29 is 18.3 Å². The van der Waals surface area contributed by atoms with Crippen molar-refractivity contribution in [1.29, 1.82) is 0 Å². The number of sulfonamides is 1. The van der Waals surface area contributed by atoms with Gasteiger partial charge in [0.25, 0.3) is 0 Å². The Labute approximate surface area is 105 Å². The van der Waals surface area contributed by atoms with Crippen LogP contribution in [0.4, 0.5) is 11.4 Å². The third kappa shape index (κ3) is 2.13. The molecule has 2 rings (SSSR count). The molecule has 3 N–H and O–H groups in total. The molecule has 98 valence electrons. The van der Waals surface area contributed by atoms with Crippen molar-refractivity contribution in [2.75, 3.05) is 17.1 Å². The highest BCUT2D eigenvalue weighted by Gasteiger charge is 2.39. The molecule has 1 fully saturated rings. The van der Waals surface area contributed by atoms with Gasteiger partial charge in [-0.15, -0.1) is 0 Å². The minimum Gasteiger partial charge on any atom is -0.478 e. The first-order chi connectivity index (χ1) is 8.34. The molecule has 0 spiro atoms. The van der Waals surface area contributed by atoms with Crippen LogP contribution in [0.5, 0.6) is 0 Å². The Hall–Kier alpha value is -1.76. The molecule has 0 amide bonds. The smallest absolute Gasteiger partial charge is 0.337 e. The molecule has 0 atom stereocenters. The summed E-state index contributed by atoms with van der Waals surface area (Å²) in [6.07, 6.45) is 1.26. The molecule has 0 aliphatic heterocycles. The Bertz CT molecular complexity index is 593. The fourth-order valence-electron chi connectivity index (χ4n) is 1.73. The van der Waals surface area contributed by atoms with Crippen LogP contribution < -0.4 is 10.0 Å². The largest absolute Gasteiger partial charge is 0.478 e. The zero-order valence-corrected chi connectivity index (χ0v) is 10.6. The van der Waals surface area contributed by atoms with Gasteiger partial charge in [-0.3, -0.25) is 4.31 Å². The summed E-state index contributed by atoms with van der Waals surface area (Å²) in [5.74, 6) is -1.20. The van der Waals surface area contributed by atoms with Gasteiger partial charge in [-0.1, -0.05) is 0 Å². The van der Waals surface area contributed by atoms with Gasteiger partial charge in [0.15, 0.2) is 0 Å². The number of carboxylic acid groups (broad SMARTS) is 1. The number of nitrogens with zero attached hydrogens (tertiary/aromatic N) is 1. The average Bonchev–Trinajstić information content (AvgIpc) is 3.11. The molecular formula is C11H14N2O4S. The molecule has 1 saturated carbocycles. The van der Waals surface area contributed by atoms with Crippen LogP contribution in [0, 0.1) is 0 Å². The molecule has 1 aliphatic carbocycles. The maximum absolute atomic E-state index is 12.1. The van der Waals surface area contributed by atoms with Crippen molar-refractivity contribution in [1.82, 2.24) is 0 Å². The molecular weight excluding hydrogens is 256 g/mol. The lowest BCUT2D eigenvalue weighted by atomic mass is 10.1. The van der Waals surface area contributed by atoms with Gasteiger partial charge in [-0.25, -0.2) is 13.2 Å². The fourth-order valence-corrected chi connectivity index (χ4v) is 3.34. The highest BCUT2D eigenvalue weighted by Crippen LogP contribution is 2.34. The highest BCUT2D eigenvalue weighted by molar-refractivity contribution is 7.93. The molecule has 0 bridgehead atoms. The lowest BCUT2D eigenvalue weighted by Gasteiger charge is -2.21. The number of hydrogen-bond acceptors (Lipinski definition) is 4. The Kier molecular flexibility index (Phi) is 2.94. The second-order valence-corrected chi connectivity index (χ2v) is 6.54. The average molecular weight is 270 g/mol. The maximum Gasteiger partial charge on any atom is 0.337 e. The van der Waals surface area contributed by atoms with Crippen LogP contribution in [0.3, 0.4) is 0 Å². The second-order valence-electron chi connectivity index (χ2n) is 4.29. The van der Waals surface area contributed by atoms with E-state index in [1.807, 2.05) is 0 Å². The first-order valence-electron chi connectivity index (χ1n) is 5.44. The summed E-state index contributed by atoms with van der Waals surface area (Å²) in [4.78, 5) is 11.1. The predicted octanol–water partition coefficient (Wildman–Crippen LogP) is 0.895. The molecule has 7 heteroatoms. The van der Waals surface area contributed by atoms with Gasteiger partial charge >= 0.3 is 5.97 Å². The topological polar surface area (TPSA) is 101 Å². The quantitative estimate of drug-likeness (QED) is 0.791. The van der Waals surface area contributed by atoms with E-state index in [1.54, 1.807) is 0 Å². The third-order valence-corrected chi connectivity index (χ3v) is 5.19. The van der Waals surface area contributed by atoms with Crippen molar-refractivity contribution in [2.24, 2.45) is 0 Å². The summed E-state index contributed by atoms with van der Waals surface area (Å²) < 4.78 is 25.1. The molecule has 1 aromatic rings. The molecule has 0 heterocycles. The molecule has 18 heavy (non-hydrogen) atoms. The van der Waals surface area contributed by atoms with E-state index in [0.29, 0.717) is 12.8 Å². The summed E-state index contributed by atoms with van der Waals surface area (Å²) in [6.45, 7) is 0. The Morgan fingerprint density at radius 2 is 2.06 bits per heavy atom. The number of nitrogen functional groups attached to an aromatic ring is 1. The van der Waals surface area contributed by atoms with E-state index in [4.69, 9.17) is 10.8 Å². The summed E-state index contributed by atoms with van der Waals surface area (Å²) in [7, 11) is -2.09. The van der Waals surface area contributed by atoms with Crippen molar-refractivity contribution in [3.05, 3.63) is 23.8 Å². The van der Waals surface area contributed by atoms with Crippen LogP contribution in [0.15, 0.2) is 18.2 Å². The van der Waals surface area contributed by atoms with Crippen LogP contribution in [-0.2, 0) is 10.0 Å². The van der Waals surface area contributed by atoms with E-state index in [2.05, 4.69) is 0 Å². The molecule has 0 aromatic heterocycles. The van der Waals surface area contributed by atoms with Crippen LogP contribution >= 0.6 is 0 Å². The van der Waals surface area contributed by atoms with Crippen LogP contribution in [-0.4, -0.2) is 31.8 Å². The highest BCUT2D eigenvalue weighted by atomic mass is 32.2. The minimum absolute atomic E-state index is 0.110. The van der Waals surface area contributed by atoms with Gasteiger partial charge in [0.1, 0.15) is 0 Å². The first-order valence-corrected chi connectivity index (χ1v) is 6.95. The van der Waals surface area contributed by atoms with E-state index in [1.165, 1.54) is 25.2 Å². The van der Waals surface area contributed by atoms with Crippen LogP contribution in [0.25, 0.3) is 0 Å². The molecule has 0 saturated heterocycles. The van der Waals surface area contributed by atoms with Gasteiger partial charge in [0.2, 0.25) is 10.0 Å². The molecule has 1 aliphatic rings. The van der Waals surface area contributed by atoms with Gasteiger partial charge in [-0.05, 0) is 31.0 Å². The summed E-state index contributed by atoms with van der Waals surface area (Å²) >= 11 is 0. The number of hydrogen-bond donors (Lipinski definition) is 2. The van der Waals surface area contributed by atoms with Crippen molar-refractivity contribution in [2.45, 2.75) is 18.1 Å². The second kappa shape index (κ2) is 4.16. The van der Waals surface area contributed by atoms with E-state index in [0.717, 1.165) is 4.31 Å². The van der Waals surface area contributed by atoms with E-state index < -0.39 is 16.0 Å². The predicted molar refractivity (Wildman–Crippen MR) is 68.2 cm³/mol. The van der Waals surface area contributed by atoms with Gasteiger partial charge < -0.3 is 10.8 Å². The maximum atomic E-state index is 12.1. The van der Waals surface area contributed by atoms with Crippen molar-refractivity contribution in [3.8, 4) is 0 Å². The fraction of sp³-hybridized carbons (Fsp3) is 0.364. The Balaban J connectivity index is 2.47. The Morgan fingerprint density at radius 1 is 1.44 bits per heavy atom. The van der Waals surface area contributed by atoms with Crippen molar-refractivity contribution >= 4 is 27.4 Å². The standard InChI is InChI=1S/C11H14N2O4S/c1-13(18(16,17)8-3-4-8)10-5-2-7(12)6-9(10)11(14)15/h2,5-6,8H,3-4,12H2,1H3,(H,14,15). The first kappa shape index (κ1) is 12.7. The number of nitrogens with two attached hydrogens (primary N) is 1. The van der Waals surface area contributed by atoms with E-state index >= 15 is 0 Å². The summed E-state index contributed by atoms with van der Waals surface area (Å²) in [5, 5.41) is 8.69. The monoisotopic (exact) mass is 270 g/mol. The zero-order valence-electron chi connectivity index (χ0n) is 9.83. The minimum atomic E-state index is -3.46. The summed E-state index contributed by atoms with van der Waals surface area (Å²) in [5.41, 5.74) is 5.83. The van der Waals surface area contributed by atoms with E-state index in [-0.39, 0.29) is 22.2 Å². The summed E-state index contributed by atoms with van der Waals surface area (Å²) in [6, 6.07) is 4.16. The number of rotatable bonds is 4. The SMILES string of the molecule is CN(c1ccc(N)cc1C(=O)O)S(=O)(=O)C1CC1. The number of carbonyl (C=O) groups is 1.